The minimum atomic E-state index is -2.87. The van der Waals surface area contributed by atoms with Crippen molar-refractivity contribution in [2.75, 3.05) is 34.3 Å². The average Bonchev–Trinajstić information content (AvgIpc) is 3.12. The van der Waals surface area contributed by atoms with Gasteiger partial charge in [0.2, 0.25) is 0 Å². The second kappa shape index (κ2) is 9.04. The number of para-hydroxylation sites is 1. The fraction of sp³-hybridized carbons (Fsp3) is 0.273. The summed E-state index contributed by atoms with van der Waals surface area (Å²) < 4.78 is 37.6. The maximum atomic E-state index is 13.7. The van der Waals surface area contributed by atoms with E-state index in [-0.39, 0.29) is 22.3 Å². The highest BCUT2D eigenvalue weighted by atomic mass is 19.3. The van der Waals surface area contributed by atoms with Crippen LogP contribution in [0.3, 0.4) is 0 Å². The van der Waals surface area contributed by atoms with Crippen molar-refractivity contribution in [3.63, 3.8) is 0 Å². The number of methoxy groups -OCH3 is 1. The van der Waals surface area contributed by atoms with Crippen LogP contribution < -0.4 is 5.32 Å². The van der Waals surface area contributed by atoms with Crippen LogP contribution in [0.1, 0.15) is 32.9 Å². The molecule has 0 aliphatic rings. The molecule has 158 valence electrons. The molecule has 0 bridgehead atoms. The number of nitrogens with zero attached hydrogens (tertiary/aromatic N) is 1. The molecule has 0 aliphatic heterocycles. The van der Waals surface area contributed by atoms with Crippen LogP contribution in [0, 0.1) is 0 Å². The van der Waals surface area contributed by atoms with Gasteiger partial charge in [-0.15, -0.1) is 0 Å². The number of likely N-dealkylation sites (N-methyl/N-ethyl adjacent to an activating group) is 1. The van der Waals surface area contributed by atoms with Gasteiger partial charge in [0, 0.05) is 29.6 Å². The molecule has 0 radical (unpaired) electrons. The Labute approximate surface area is 172 Å². The second-order valence-electron chi connectivity index (χ2n) is 6.99. The highest BCUT2D eigenvalue weighted by Crippen LogP contribution is 2.40. The van der Waals surface area contributed by atoms with Crippen molar-refractivity contribution in [1.82, 2.24) is 10.2 Å². The second-order valence-corrected chi connectivity index (χ2v) is 6.99. The molecule has 1 N–H and O–H groups in total. The number of benzene rings is 2. The summed E-state index contributed by atoms with van der Waals surface area (Å²) in [6.45, 7) is 1.01. The summed E-state index contributed by atoms with van der Waals surface area (Å²) in [4.78, 5) is 26.7. The van der Waals surface area contributed by atoms with Gasteiger partial charge in [-0.1, -0.05) is 18.2 Å². The summed E-state index contributed by atoms with van der Waals surface area (Å²) in [6.07, 6.45) is -2.87. The van der Waals surface area contributed by atoms with Crippen LogP contribution in [0.5, 0.6) is 0 Å². The topological polar surface area (TPSA) is 71.8 Å². The molecule has 0 fully saturated rings. The van der Waals surface area contributed by atoms with Gasteiger partial charge in [-0.3, -0.25) is 4.79 Å². The third kappa shape index (κ3) is 4.49. The predicted molar refractivity (Wildman–Crippen MR) is 109 cm³/mol. The number of esters is 1. The number of carbonyl (C=O) groups excluding carboxylic acids is 2. The van der Waals surface area contributed by atoms with Crippen LogP contribution in [0.25, 0.3) is 22.1 Å². The zero-order chi connectivity index (χ0) is 21.8. The minimum absolute atomic E-state index is 0.0817. The van der Waals surface area contributed by atoms with Crippen molar-refractivity contribution in [3.8, 4) is 11.1 Å². The molecule has 0 atom stereocenters. The Hall–Kier alpha value is -3.26. The van der Waals surface area contributed by atoms with Gasteiger partial charge in [-0.25, -0.2) is 13.6 Å². The Morgan fingerprint density at radius 3 is 2.50 bits per heavy atom. The van der Waals surface area contributed by atoms with E-state index in [0.717, 1.165) is 0 Å². The first-order valence-corrected chi connectivity index (χ1v) is 9.28. The van der Waals surface area contributed by atoms with Gasteiger partial charge in [-0.05, 0) is 43.9 Å². The van der Waals surface area contributed by atoms with Crippen molar-refractivity contribution in [2.45, 2.75) is 6.43 Å². The third-order valence-electron chi connectivity index (χ3n) is 4.57. The lowest BCUT2D eigenvalue weighted by Crippen LogP contribution is -2.31. The van der Waals surface area contributed by atoms with Gasteiger partial charge in [0.1, 0.15) is 5.58 Å². The monoisotopic (exact) mass is 416 g/mol. The third-order valence-corrected chi connectivity index (χ3v) is 4.57. The van der Waals surface area contributed by atoms with Crippen LogP contribution in [0.15, 0.2) is 46.9 Å². The van der Waals surface area contributed by atoms with Gasteiger partial charge < -0.3 is 19.4 Å². The Morgan fingerprint density at radius 1 is 1.13 bits per heavy atom. The smallest absolute Gasteiger partial charge is 0.337 e. The lowest BCUT2D eigenvalue weighted by Gasteiger charge is -2.12. The lowest BCUT2D eigenvalue weighted by molar-refractivity contribution is 0.0600. The van der Waals surface area contributed by atoms with E-state index in [1.54, 1.807) is 24.3 Å². The van der Waals surface area contributed by atoms with Crippen LogP contribution in [0.4, 0.5) is 8.78 Å². The summed E-state index contributed by atoms with van der Waals surface area (Å²) >= 11 is 0. The number of nitrogens with one attached hydrogen (secondary N) is 1. The summed E-state index contributed by atoms with van der Waals surface area (Å²) in [7, 11) is 4.96. The first-order chi connectivity index (χ1) is 14.3. The van der Waals surface area contributed by atoms with Crippen LogP contribution in [-0.4, -0.2) is 51.1 Å². The number of rotatable bonds is 7. The van der Waals surface area contributed by atoms with Crippen molar-refractivity contribution in [2.24, 2.45) is 0 Å². The highest BCUT2D eigenvalue weighted by Gasteiger charge is 2.25. The summed E-state index contributed by atoms with van der Waals surface area (Å²) in [5, 5.41) is 3.22. The van der Waals surface area contributed by atoms with Crippen molar-refractivity contribution < 1.29 is 27.5 Å². The lowest BCUT2D eigenvalue weighted by atomic mass is 9.97. The van der Waals surface area contributed by atoms with E-state index in [4.69, 9.17) is 9.15 Å². The van der Waals surface area contributed by atoms with Gasteiger partial charge in [0.25, 0.3) is 12.3 Å². The zero-order valence-corrected chi connectivity index (χ0v) is 16.9. The largest absolute Gasteiger partial charge is 0.465 e. The molecule has 0 unspecified atom stereocenters. The molecule has 0 saturated heterocycles. The van der Waals surface area contributed by atoms with Gasteiger partial charge >= 0.3 is 5.97 Å². The molecule has 0 saturated carbocycles. The molecule has 3 aromatic rings. The molecular formula is C22H22F2N2O4. The predicted octanol–water partition coefficient (Wildman–Crippen LogP) is 4.12. The number of ether oxygens (including phenoxy) is 1. The number of alkyl halides is 2. The van der Waals surface area contributed by atoms with E-state index >= 15 is 0 Å². The fourth-order valence-corrected chi connectivity index (χ4v) is 3.15. The molecule has 1 amide bonds. The van der Waals surface area contributed by atoms with Gasteiger partial charge in [-0.2, -0.15) is 0 Å². The van der Waals surface area contributed by atoms with Crippen molar-refractivity contribution in [3.05, 3.63) is 59.4 Å². The van der Waals surface area contributed by atoms with E-state index in [1.807, 2.05) is 19.0 Å². The Morgan fingerprint density at radius 2 is 1.83 bits per heavy atom. The SMILES string of the molecule is COC(=O)c1cc(C(=O)NCCN(C)C)cc(-c2c(C(F)F)oc3ccccc23)c1. The van der Waals surface area contributed by atoms with Crippen molar-refractivity contribution >= 4 is 22.8 Å². The number of furan rings is 1. The van der Waals surface area contributed by atoms with Crippen molar-refractivity contribution in [1.29, 1.82) is 0 Å². The summed E-state index contributed by atoms with van der Waals surface area (Å²) in [5.74, 6) is -1.61. The molecule has 6 nitrogen and oxygen atoms in total. The van der Waals surface area contributed by atoms with Gasteiger partial charge in [0.15, 0.2) is 5.76 Å². The van der Waals surface area contributed by atoms with E-state index in [2.05, 4.69) is 5.32 Å². The molecule has 2 aromatic carbocycles. The fourth-order valence-electron chi connectivity index (χ4n) is 3.15. The number of carbonyl (C=O) groups is 2. The molecule has 1 aromatic heterocycles. The molecule has 0 spiro atoms. The number of fused-ring (bicyclic) bond motifs is 1. The molecular weight excluding hydrogens is 394 g/mol. The van der Waals surface area contributed by atoms with Gasteiger partial charge in [0.05, 0.1) is 12.7 Å². The minimum Gasteiger partial charge on any atom is -0.465 e. The maximum Gasteiger partial charge on any atom is 0.337 e. The quantitative estimate of drug-likeness (QED) is 0.587. The van der Waals surface area contributed by atoms with E-state index < -0.39 is 24.1 Å². The molecule has 3 rings (SSSR count). The maximum absolute atomic E-state index is 13.7. The van der Waals surface area contributed by atoms with Crippen LogP contribution >= 0.6 is 0 Å². The van der Waals surface area contributed by atoms with Crippen LogP contribution in [0.2, 0.25) is 0 Å². The average molecular weight is 416 g/mol. The zero-order valence-electron chi connectivity index (χ0n) is 16.9. The molecule has 1 heterocycles. The van der Waals surface area contributed by atoms with E-state index in [0.29, 0.717) is 24.1 Å². The number of amides is 1. The molecule has 8 heteroatoms. The highest BCUT2D eigenvalue weighted by molar-refractivity contribution is 6.03. The van der Waals surface area contributed by atoms with E-state index in [1.165, 1.54) is 25.3 Å². The Balaban J connectivity index is 2.13. The first-order valence-electron chi connectivity index (χ1n) is 9.28. The Bertz CT molecular complexity index is 1080. The first kappa shape index (κ1) is 21.4. The molecule has 0 aliphatic carbocycles. The summed E-state index contributed by atoms with van der Waals surface area (Å²) in [5.41, 5.74) is 0.961. The standard InChI is InChI=1S/C22H22F2N2O4/c1-26(2)9-8-25-21(27)14-10-13(11-15(12-14)22(28)29-3)18-16-6-4-5-7-17(16)30-19(18)20(23)24/h4-7,10-12,20H,8-9H2,1-3H3,(H,25,27). The number of halogens is 2. The normalized spacial score (nSPS) is 11.3. The Kier molecular flexibility index (Phi) is 6.47. The van der Waals surface area contributed by atoms with Crippen LogP contribution in [-0.2, 0) is 4.74 Å². The summed E-state index contributed by atoms with van der Waals surface area (Å²) in [6, 6.07) is 10.9. The number of hydrogen-bond acceptors (Lipinski definition) is 5. The van der Waals surface area contributed by atoms with E-state index in [9.17, 15) is 18.4 Å². The molecule has 30 heavy (non-hydrogen) atoms. The number of hydrogen-bond donors (Lipinski definition) is 1.